The fourth-order valence-corrected chi connectivity index (χ4v) is 8.06. The first-order chi connectivity index (χ1) is 22.8. The Morgan fingerprint density at radius 3 is 2.64 bits per heavy atom. The molecular weight excluding hydrogens is 600 g/mol. The highest BCUT2D eigenvalue weighted by molar-refractivity contribution is 6.04. The third-order valence-corrected chi connectivity index (χ3v) is 10.5. The third-order valence-electron chi connectivity index (χ3n) is 10.5. The lowest BCUT2D eigenvalue weighted by atomic mass is 9.93. The zero-order valence-corrected chi connectivity index (χ0v) is 26.6. The van der Waals surface area contributed by atoms with Crippen molar-refractivity contribution in [3.63, 3.8) is 0 Å². The van der Waals surface area contributed by atoms with E-state index in [4.69, 9.17) is 20.9 Å². The monoisotopic (exact) mass is 639 g/mol. The van der Waals surface area contributed by atoms with E-state index in [9.17, 15) is 5.11 Å². The summed E-state index contributed by atoms with van der Waals surface area (Å²) >= 11 is 0. The predicted molar refractivity (Wildman–Crippen MR) is 178 cm³/mol. The van der Waals surface area contributed by atoms with Crippen molar-refractivity contribution in [1.29, 1.82) is 0 Å². The number of halogens is 2. The number of aromatic hydroxyl groups is 1. The Labute approximate surface area is 273 Å². The lowest BCUT2D eigenvalue weighted by Gasteiger charge is -2.34. The molecule has 2 N–H and O–H groups in total. The van der Waals surface area contributed by atoms with Gasteiger partial charge in [0.2, 0.25) is 0 Å². The fraction of sp³-hybridized carbons (Fsp3) is 0.459. The van der Waals surface area contributed by atoms with Crippen molar-refractivity contribution in [2.45, 2.75) is 44.2 Å². The maximum atomic E-state index is 16.9. The minimum Gasteiger partial charge on any atom is -0.508 e. The number of likely N-dealkylation sites (tertiary alicyclic amines) is 1. The number of terminal acetylenes is 1. The molecular formula is C37H39F2N5O3. The molecule has 47 heavy (non-hydrogen) atoms. The van der Waals surface area contributed by atoms with E-state index in [2.05, 4.69) is 26.0 Å². The molecule has 8 rings (SSSR count). The van der Waals surface area contributed by atoms with E-state index in [1.165, 1.54) is 18.2 Å². The van der Waals surface area contributed by atoms with Crippen LogP contribution in [0.5, 0.6) is 11.8 Å². The number of hydrogen-bond donors (Lipinski definition) is 2. The van der Waals surface area contributed by atoms with Crippen molar-refractivity contribution < 1.29 is 23.4 Å². The molecule has 4 aliphatic rings. The number of methoxy groups -OCH3 is 1. The van der Waals surface area contributed by atoms with Gasteiger partial charge < -0.3 is 29.7 Å². The molecule has 0 amide bonds. The van der Waals surface area contributed by atoms with Crippen molar-refractivity contribution in [2.24, 2.45) is 11.3 Å². The number of piperazine rings is 1. The van der Waals surface area contributed by atoms with Gasteiger partial charge in [-0.05, 0) is 74.2 Å². The van der Waals surface area contributed by atoms with E-state index in [1.54, 1.807) is 25.3 Å². The summed E-state index contributed by atoms with van der Waals surface area (Å²) in [5.74, 6) is 1.92. The first-order valence-corrected chi connectivity index (χ1v) is 16.6. The molecule has 10 heteroatoms. The van der Waals surface area contributed by atoms with E-state index in [0.29, 0.717) is 53.2 Å². The molecule has 1 aromatic heterocycles. The van der Waals surface area contributed by atoms with Crippen LogP contribution in [-0.2, 0) is 4.74 Å². The number of nitrogens with zero attached hydrogens (tertiary/aromatic N) is 4. The summed E-state index contributed by atoms with van der Waals surface area (Å²) in [7, 11) is 1.75. The van der Waals surface area contributed by atoms with Gasteiger partial charge >= 0.3 is 6.01 Å². The fourth-order valence-electron chi connectivity index (χ4n) is 8.06. The standard InChI is InChI=1S/C37H39F2N5O3/c1-3-23-5-4-6-24-13-27(45)14-28(31(23)24)32-30(38)15-29-34(33(32)39)41-36(42-35(29)44-17-25-7-8-26(18-44)40-25)47-21-37(10-11-37)20-43-12-9-22(16-43)19-46-2/h1,4-6,13-15,22,25-26,40,45H,7-12,16-21H2,2H3/t22-,25?,26?/m1/s1. The summed E-state index contributed by atoms with van der Waals surface area (Å²) in [6, 6.07) is 10.1. The molecule has 1 saturated carbocycles. The van der Waals surface area contributed by atoms with Crippen molar-refractivity contribution in [1.82, 2.24) is 20.2 Å². The third kappa shape index (κ3) is 5.64. The Hall–Kier alpha value is -4.04. The molecule has 1 aliphatic carbocycles. The van der Waals surface area contributed by atoms with Gasteiger partial charge in [-0.15, -0.1) is 6.42 Å². The predicted octanol–water partition coefficient (Wildman–Crippen LogP) is 5.48. The molecule has 3 aromatic carbocycles. The molecule has 3 atom stereocenters. The van der Waals surface area contributed by atoms with E-state index >= 15 is 8.78 Å². The Bertz CT molecular complexity index is 1900. The number of hydrogen-bond acceptors (Lipinski definition) is 8. The molecule has 4 aromatic rings. The quantitative estimate of drug-likeness (QED) is 0.233. The van der Waals surface area contributed by atoms with E-state index in [1.807, 2.05) is 0 Å². The summed E-state index contributed by atoms with van der Waals surface area (Å²) in [4.78, 5) is 14.0. The van der Waals surface area contributed by atoms with Crippen LogP contribution >= 0.6 is 0 Å². The second kappa shape index (κ2) is 11.9. The van der Waals surface area contributed by atoms with Crippen molar-refractivity contribution in [3.05, 3.63) is 53.6 Å². The van der Waals surface area contributed by atoms with Crippen molar-refractivity contribution in [2.75, 3.05) is 57.9 Å². The first kappa shape index (κ1) is 30.3. The molecule has 244 valence electrons. The van der Waals surface area contributed by atoms with Crippen LogP contribution < -0.4 is 15.0 Å². The van der Waals surface area contributed by atoms with Gasteiger partial charge in [0.25, 0.3) is 0 Å². The number of ether oxygens (including phenoxy) is 2. The maximum Gasteiger partial charge on any atom is 0.319 e. The van der Waals surface area contributed by atoms with Gasteiger partial charge in [-0.3, -0.25) is 0 Å². The number of phenolic OH excluding ortho intramolecular Hbond substituents is 1. The number of fused-ring (bicyclic) bond motifs is 4. The Morgan fingerprint density at radius 1 is 1.09 bits per heavy atom. The lowest BCUT2D eigenvalue weighted by molar-refractivity contribution is 0.141. The number of anilines is 1. The van der Waals surface area contributed by atoms with E-state index < -0.39 is 11.6 Å². The second-order valence-electron chi connectivity index (χ2n) is 14.0. The minimum absolute atomic E-state index is 0.00714. The van der Waals surface area contributed by atoms with Crippen LogP contribution in [-0.4, -0.2) is 85.1 Å². The maximum absolute atomic E-state index is 16.9. The SMILES string of the molecule is C#Cc1cccc2cc(O)cc(-c3c(F)cc4c(N5CC6CCC(C5)N6)nc(OCC5(CN6CC[C@@H](COC)C6)CC5)nc4c3F)c12. The zero-order valence-electron chi connectivity index (χ0n) is 26.6. The smallest absolute Gasteiger partial charge is 0.319 e. The second-order valence-corrected chi connectivity index (χ2v) is 14.0. The molecule has 8 nitrogen and oxygen atoms in total. The van der Waals surface area contributed by atoms with Crippen LogP contribution in [0.25, 0.3) is 32.8 Å². The highest BCUT2D eigenvalue weighted by atomic mass is 19.1. The molecule has 0 radical (unpaired) electrons. The number of nitrogens with one attached hydrogen (secondary N) is 1. The summed E-state index contributed by atoms with van der Waals surface area (Å²) in [5.41, 5.74) is 0.334. The number of rotatable bonds is 9. The molecule has 3 saturated heterocycles. The first-order valence-electron chi connectivity index (χ1n) is 16.6. The largest absolute Gasteiger partial charge is 0.508 e. The Kier molecular flexibility index (Phi) is 7.66. The van der Waals surface area contributed by atoms with Crippen LogP contribution in [0.3, 0.4) is 0 Å². The normalized spacial score (nSPS) is 23.4. The average Bonchev–Trinajstić information content (AvgIpc) is 3.55. The summed E-state index contributed by atoms with van der Waals surface area (Å²) < 4.78 is 44.9. The molecule has 4 heterocycles. The Balaban J connectivity index is 1.20. The van der Waals surface area contributed by atoms with Gasteiger partial charge in [0.1, 0.15) is 22.9 Å². The topological polar surface area (TPSA) is 83.0 Å². The summed E-state index contributed by atoms with van der Waals surface area (Å²) in [6.45, 7) is 5.55. The van der Waals surface area contributed by atoms with Gasteiger partial charge in [-0.25, -0.2) is 8.78 Å². The summed E-state index contributed by atoms with van der Waals surface area (Å²) in [6.07, 6.45) is 11.1. The van der Waals surface area contributed by atoms with Crippen molar-refractivity contribution in [3.8, 4) is 35.2 Å². The van der Waals surface area contributed by atoms with Gasteiger partial charge in [-0.2, -0.15) is 9.97 Å². The van der Waals surface area contributed by atoms with Crippen LogP contribution in [0.4, 0.5) is 14.6 Å². The number of benzene rings is 3. The highest BCUT2D eigenvalue weighted by Crippen LogP contribution is 2.47. The van der Waals surface area contributed by atoms with Crippen LogP contribution in [0.15, 0.2) is 36.4 Å². The molecule has 2 unspecified atom stereocenters. The average molecular weight is 640 g/mol. The van der Waals surface area contributed by atoms with Gasteiger partial charge in [-0.1, -0.05) is 18.1 Å². The minimum atomic E-state index is -0.840. The molecule has 4 fully saturated rings. The van der Waals surface area contributed by atoms with Crippen molar-refractivity contribution >= 4 is 27.5 Å². The van der Waals surface area contributed by atoms with Gasteiger partial charge in [0.05, 0.1) is 18.8 Å². The summed E-state index contributed by atoms with van der Waals surface area (Å²) in [5, 5.41) is 15.6. The molecule has 0 spiro atoms. The number of phenols is 1. The van der Waals surface area contributed by atoms with E-state index in [0.717, 1.165) is 58.3 Å². The van der Waals surface area contributed by atoms with E-state index in [-0.39, 0.29) is 45.9 Å². The van der Waals surface area contributed by atoms with Crippen LogP contribution in [0.2, 0.25) is 0 Å². The Morgan fingerprint density at radius 2 is 1.89 bits per heavy atom. The van der Waals surface area contributed by atoms with Gasteiger partial charge in [0.15, 0.2) is 5.82 Å². The molecule has 2 bridgehead atoms. The lowest BCUT2D eigenvalue weighted by Crippen LogP contribution is -2.51. The molecule has 3 aliphatic heterocycles. The zero-order chi connectivity index (χ0) is 32.3. The van der Waals surface area contributed by atoms with Gasteiger partial charge in [0, 0.05) is 72.7 Å². The van der Waals surface area contributed by atoms with Crippen LogP contribution in [0, 0.1) is 35.3 Å². The van der Waals surface area contributed by atoms with Crippen LogP contribution in [0.1, 0.15) is 37.7 Å². The number of aromatic nitrogens is 2. The highest BCUT2D eigenvalue weighted by Gasteiger charge is 2.46.